The molecule has 2 heterocycles. The van der Waals surface area contributed by atoms with Gasteiger partial charge in [0.25, 0.3) is 5.56 Å². The Morgan fingerprint density at radius 2 is 1.80 bits per heavy atom. The quantitative estimate of drug-likeness (QED) is 0.518. The summed E-state index contributed by atoms with van der Waals surface area (Å²) in [5.41, 5.74) is 5.09. The maximum atomic E-state index is 13.5. The van der Waals surface area contributed by atoms with Crippen LogP contribution < -0.4 is 5.56 Å². The zero-order valence-corrected chi connectivity index (χ0v) is 18.4. The molecule has 0 saturated heterocycles. The highest BCUT2D eigenvalue weighted by atomic mass is 16.1. The van der Waals surface area contributed by atoms with Gasteiger partial charge in [0.15, 0.2) is 0 Å². The van der Waals surface area contributed by atoms with E-state index in [4.69, 9.17) is 0 Å². The molecule has 156 valence electrons. The van der Waals surface area contributed by atoms with E-state index in [0.29, 0.717) is 17.3 Å². The Labute approximate surface area is 179 Å². The van der Waals surface area contributed by atoms with Crippen LogP contribution in [0.2, 0.25) is 0 Å². The Morgan fingerprint density at radius 1 is 1.00 bits per heavy atom. The van der Waals surface area contributed by atoms with E-state index in [1.807, 2.05) is 54.1 Å². The summed E-state index contributed by atoms with van der Waals surface area (Å²) in [7, 11) is 0. The number of hydrogen-bond donors (Lipinski definition) is 0. The monoisotopic (exact) mass is 401 g/mol. The van der Waals surface area contributed by atoms with Crippen molar-refractivity contribution < 1.29 is 0 Å². The average Bonchev–Trinajstić information content (AvgIpc) is 2.74. The fourth-order valence-electron chi connectivity index (χ4n) is 3.72. The summed E-state index contributed by atoms with van der Waals surface area (Å²) in [5.74, 6) is 0. The van der Waals surface area contributed by atoms with Crippen LogP contribution in [-0.4, -0.2) is 14.5 Å². The fourth-order valence-corrected chi connectivity index (χ4v) is 3.72. The SMILES string of the molecule is CCCC(CC)n1cnc2cccccc(C)c(Cc3ccc(C)nc3)cc2c1=O. The van der Waals surface area contributed by atoms with E-state index < -0.39 is 0 Å². The zero-order valence-electron chi connectivity index (χ0n) is 18.4. The highest BCUT2D eigenvalue weighted by Crippen LogP contribution is 2.18. The van der Waals surface area contributed by atoms with Crippen LogP contribution in [0.25, 0.3) is 10.9 Å². The lowest BCUT2D eigenvalue weighted by Crippen LogP contribution is -2.24. The lowest BCUT2D eigenvalue weighted by atomic mass is 10.0. The first-order chi connectivity index (χ1) is 14.5. The molecule has 1 atom stereocenters. The van der Waals surface area contributed by atoms with Crippen LogP contribution in [0, 0.1) is 13.8 Å². The fraction of sp³-hybridized carbons (Fsp3) is 0.346. The Morgan fingerprint density at radius 3 is 2.50 bits per heavy atom. The number of aromatic nitrogens is 3. The van der Waals surface area contributed by atoms with E-state index in [-0.39, 0.29) is 11.6 Å². The van der Waals surface area contributed by atoms with Gasteiger partial charge in [0, 0.05) is 17.9 Å². The molecule has 0 aliphatic rings. The van der Waals surface area contributed by atoms with Crippen LogP contribution in [0.15, 0.2) is 65.8 Å². The number of fused-ring (bicyclic) bond motifs is 1. The van der Waals surface area contributed by atoms with E-state index in [1.54, 1.807) is 6.33 Å². The number of pyridine rings is 1. The highest BCUT2D eigenvalue weighted by molar-refractivity contribution is 5.76. The molecule has 3 rings (SSSR count). The molecule has 0 aliphatic carbocycles. The van der Waals surface area contributed by atoms with Gasteiger partial charge in [-0.2, -0.15) is 0 Å². The summed E-state index contributed by atoms with van der Waals surface area (Å²) in [6.07, 6.45) is 7.26. The van der Waals surface area contributed by atoms with Crippen molar-refractivity contribution in [3.05, 3.63) is 93.8 Å². The average molecular weight is 402 g/mol. The highest BCUT2D eigenvalue weighted by Gasteiger charge is 2.12. The molecule has 4 nitrogen and oxygen atoms in total. The van der Waals surface area contributed by atoms with E-state index >= 15 is 0 Å². The van der Waals surface area contributed by atoms with Gasteiger partial charge < -0.3 is 0 Å². The molecule has 0 amide bonds. The molecular formula is C26H31N3O. The van der Waals surface area contributed by atoms with Crippen LogP contribution >= 0.6 is 0 Å². The largest absolute Gasteiger partial charge is 0.296 e. The van der Waals surface area contributed by atoms with Gasteiger partial charge in [-0.25, -0.2) is 4.98 Å². The van der Waals surface area contributed by atoms with E-state index in [1.165, 1.54) is 0 Å². The lowest BCUT2D eigenvalue weighted by Gasteiger charge is -2.17. The molecule has 1 aromatic carbocycles. The third kappa shape index (κ3) is 5.12. The van der Waals surface area contributed by atoms with E-state index in [0.717, 1.165) is 41.6 Å². The first-order valence-electron chi connectivity index (χ1n) is 10.8. The Balaban J connectivity index is 2.26. The lowest BCUT2D eigenvalue weighted by molar-refractivity contribution is 0.433. The van der Waals surface area contributed by atoms with Crippen LogP contribution in [0.5, 0.6) is 0 Å². The molecular weight excluding hydrogens is 370 g/mol. The van der Waals surface area contributed by atoms with Crippen molar-refractivity contribution in [3.63, 3.8) is 0 Å². The number of hydrogen-bond acceptors (Lipinski definition) is 3. The first kappa shape index (κ1) is 21.7. The summed E-state index contributed by atoms with van der Waals surface area (Å²) in [5, 5.41) is 0.654. The molecule has 0 radical (unpaired) electrons. The summed E-state index contributed by atoms with van der Waals surface area (Å²) in [4.78, 5) is 22.6. The molecule has 0 fully saturated rings. The zero-order chi connectivity index (χ0) is 21.5. The van der Waals surface area contributed by atoms with Crippen LogP contribution in [-0.2, 0) is 6.42 Å². The molecule has 0 spiro atoms. The van der Waals surface area contributed by atoms with E-state index in [9.17, 15) is 4.79 Å². The maximum Gasteiger partial charge on any atom is 0.261 e. The molecule has 0 bridgehead atoms. The van der Waals surface area contributed by atoms with Crippen molar-refractivity contribution in [2.45, 2.75) is 59.4 Å². The van der Waals surface area contributed by atoms with Gasteiger partial charge in [-0.15, -0.1) is 0 Å². The summed E-state index contributed by atoms with van der Waals surface area (Å²) < 4.78 is 1.82. The minimum atomic E-state index is 0.0295. The predicted octanol–water partition coefficient (Wildman–Crippen LogP) is 5.87. The van der Waals surface area contributed by atoms with Crippen LogP contribution in [0.3, 0.4) is 0 Å². The van der Waals surface area contributed by atoms with Crippen LogP contribution in [0.4, 0.5) is 0 Å². The topological polar surface area (TPSA) is 47.8 Å². The minimum Gasteiger partial charge on any atom is -0.296 e. The van der Waals surface area contributed by atoms with Crippen molar-refractivity contribution >= 4 is 10.9 Å². The minimum absolute atomic E-state index is 0.0295. The molecule has 4 heteroatoms. The molecule has 0 saturated carbocycles. The van der Waals surface area contributed by atoms with Crippen molar-refractivity contribution in [3.8, 4) is 0 Å². The van der Waals surface area contributed by atoms with Gasteiger partial charge in [0.2, 0.25) is 0 Å². The first-order valence-corrected chi connectivity index (χ1v) is 10.8. The summed E-state index contributed by atoms with van der Waals surface area (Å²) in [6, 6.07) is 16.3. The molecule has 30 heavy (non-hydrogen) atoms. The number of nitrogens with zero attached hydrogens (tertiary/aromatic N) is 3. The smallest absolute Gasteiger partial charge is 0.261 e. The molecule has 1 unspecified atom stereocenters. The molecule has 3 aromatic rings. The second-order valence-electron chi connectivity index (χ2n) is 7.85. The second-order valence-corrected chi connectivity index (χ2v) is 7.85. The van der Waals surface area contributed by atoms with Gasteiger partial charge in [-0.05, 0) is 68.0 Å². The van der Waals surface area contributed by atoms with Crippen LogP contribution in [0.1, 0.15) is 61.5 Å². The van der Waals surface area contributed by atoms with Crippen molar-refractivity contribution in [2.75, 3.05) is 0 Å². The molecule has 2 aromatic heterocycles. The standard InChI is InChI=1S/C26H31N3O/c1-5-10-23(6-2)29-18-28-25-12-9-7-8-11-19(3)22(16-24(25)26(29)30)15-21-14-13-20(4)27-17-21/h7-9,11-14,16-18,23H,5-6,10,15H2,1-4H3. The number of rotatable bonds is 6. The molecule has 0 aliphatic heterocycles. The normalized spacial score (nSPS) is 11.9. The molecule has 0 N–H and O–H groups in total. The Kier molecular flexibility index (Phi) is 7.34. The summed E-state index contributed by atoms with van der Waals surface area (Å²) in [6.45, 7) is 8.35. The predicted molar refractivity (Wildman–Crippen MR) is 124 cm³/mol. The van der Waals surface area contributed by atoms with Gasteiger partial charge in [-0.1, -0.05) is 50.6 Å². The van der Waals surface area contributed by atoms with Crippen molar-refractivity contribution in [1.82, 2.24) is 14.5 Å². The van der Waals surface area contributed by atoms with E-state index in [2.05, 4.69) is 42.9 Å². The maximum absolute atomic E-state index is 13.5. The third-order valence-corrected chi connectivity index (χ3v) is 5.56. The number of aryl methyl sites for hydroxylation is 2. The Bertz CT molecular complexity index is 1120. The second kappa shape index (κ2) is 10.1. The van der Waals surface area contributed by atoms with Gasteiger partial charge >= 0.3 is 0 Å². The third-order valence-electron chi connectivity index (χ3n) is 5.56. The van der Waals surface area contributed by atoms with Gasteiger partial charge in [-0.3, -0.25) is 14.3 Å². The van der Waals surface area contributed by atoms with Gasteiger partial charge in [0.1, 0.15) is 0 Å². The Hall–Kier alpha value is -3.01. The van der Waals surface area contributed by atoms with Crippen molar-refractivity contribution in [2.24, 2.45) is 0 Å². The summed E-state index contributed by atoms with van der Waals surface area (Å²) >= 11 is 0. The van der Waals surface area contributed by atoms with Crippen molar-refractivity contribution in [1.29, 1.82) is 0 Å². The van der Waals surface area contributed by atoms with Gasteiger partial charge in [0.05, 0.1) is 17.2 Å².